The van der Waals surface area contributed by atoms with E-state index in [9.17, 15) is 5.26 Å². The van der Waals surface area contributed by atoms with Gasteiger partial charge in [0, 0.05) is 33.5 Å². The minimum atomic E-state index is 0.652. The molecule has 12 aromatic rings. The van der Waals surface area contributed by atoms with Crippen molar-refractivity contribution in [3.05, 3.63) is 205 Å². The van der Waals surface area contributed by atoms with Gasteiger partial charge in [-0.3, -0.25) is 0 Å². The number of anilines is 3. The van der Waals surface area contributed by atoms with Crippen LogP contribution in [0.4, 0.5) is 17.1 Å². The summed E-state index contributed by atoms with van der Waals surface area (Å²) in [6.07, 6.45) is 0. The molecule has 0 aliphatic carbocycles. The lowest BCUT2D eigenvalue weighted by molar-refractivity contribution is 1.18. The summed E-state index contributed by atoms with van der Waals surface area (Å²) in [5.41, 5.74) is 8.68. The van der Waals surface area contributed by atoms with Crippen molar-refractivity contribution in [1.82, 2.24) is 4.57 Å². The number of rotatable bonds is 4. The number of aromatic nitrogens is 1. The van der Waals surface area contributed by atoms with Gasteiger partial charge in [0.25, 0.3) is 0 Å². The van der Waals surface area contributed by atoms with Crippen molar-refractivity contribution in [2.75, 3.05) is 4.90 Å². The molecule has 0 spiro atoms. The topological polar surface area (TPSA) is 32.0 Å². The first-order valence-electron chi connectivity index (χ1n) is 20.1. The van der Waals surface area contributed by atoms with Gasteiger partial charge in [0.1, 0.15) is 0 Å². The minimum Gasteiger partial charge on any atom is -0.310 e. The molecule has 12 rings (SSSR count). The normalized spacial score (nSPS) is 11.8. The fraction of sp³-hybridized carbons (Fsp3) is 0.0179. The molecular formula is C56H35N3. The molecule has 0 saturated carbocycles. The summed E-state index contributed by atoms with van der Waals surface area (Å²) < 4.78 is 2.41. The maximum absolute atomic E-state index is 10.2. The van der Waals surface area contributed by atoms with Gasteiger partial charge in [-0.25, -0.2) is 0 Å². The second-order valence-corrected chi connectivity index (χ2v) is 15.7. The molecule has 0 saturated heterocycles. The lowest BCUT2D eigenvalue weighted by Gasteiger charge is -2.26. The fourth-order valence-corrected chi connectivity index (χ4v) is 9.72. The van der Waals surface area contributed by atoms with E-state index in [0.717, 1.165) is 44.3 Å². The lowest BCUT2D eigenvalue weighted by Crippen LogP contribution is -2.09. The second kappa shape index (κ2) is 12.8. The fourth-order valence-electron chi connectivity index (χ4n) is 9.72. The highest BCUT2D eigenvalue weighted by Gasteiger charge is 2.20. The second-order valence-electron chi connectivity index (χ2n) is 15.7. The Kier molecular flexibility index (Phi) is 7.21. The first kappa shape index (κ1) is 33.2. The van der Waals surface area contributed by atoms with Crippen molar-refractivity contribution in [2.45, 2.75) is 6.92 Å². The molecule has 0 fully saturated rings. The number of nitrogens with zero attached hydrogens (tertiary/aromatic N) is 3. The van der Waals surface area contributed by atoms with Gasteiger partial charge in [-0.2, -0.15) is 5.26 Å². The SMILES string of the molecule is Cc1ccc2c(c1)c1cc3c4ccc(N(c5ccccc5)c5ccccc5)cc4c4ccc(C#N)cc4c3cc1c1cc3c4ccccc4n(-c4ccccc4)c3cc21. The van der Waals surface area contributed by atoms with Crippen molar-refractivity contribution in [2.24, 2.45) is 0 Å². The summed E-state index contributed by atoms with van der Waals surface area (Å²) in [5, 5.41) is 26.9. The van der Waals surface area contributed by atoms with Crippen LogP contribution in [0.25, 0.3) is 92.1 Å². The van der Waals surface area contributed by atoms with Crippen molar-refractivity contribution in [1.29, 1.82) is 5.26 Å². The van der Waals surface area contributed by atoms with E-state index < -0.39 is 0 Å². The van der Waals surface area contributed by atoms with Crippen LogP contribution in [0.5, 0.6) is 0 Å². The zero-order chi connectivity index (χ0) is 39.2. The Labute approximate surface area is 340 Å². The Morgan fingerprint density at radius 2 is 0.847 bits per heavy atom. The van der Waals surface area contributed by atoms with Crippen LogP contribution in [0.1, 0.15) is 11.1 Å². The molecule has 0 radical (unpaired) electrons. The third-order valence-electron chi connectivity index (χ3n) is 12.3. The molecule has 59 heavy (non-hydrogen) atoms. The predicted octanol–water partition coefficient (Wildman–Crippen LogP) is 15.4. The number of nitriles is 1. The Morgan fingerprint density at radius 1 is 0.356 bits per heavy atom. The van der Waals surface area contributed by atoms with Gasteiger partial charge in [-0.05, 0) is 163 Å². The number of hydrogen-bond acceptors (Lipinski definition) is 2. The van der Waals surface area contributed by atoms with Crippen LogP contribution >= 0.6 is 0 Å². The Balaban J connectivity index is 1.22. The minimum absolute atomic E-state index is 0.652. The molecular weight excluding hydrogens is 715 g/mol. The average molecular weight is 750 g/mol. The van der Waals surface area contributed by atoms with Crippen molar-refractivity contribution >= 4 is 104 Å². The van der Waals surface area contributed by atoms with Gasteiger partial charge < -0.3 is 9.47 Å². The first-order valence-corrected chi connectivity index (χ1v) is 20.1. The van der Waals surface area contributed by atoms with E-state index in [1.165, 1.54) is 70.5 Å². The molecule has 0 aliphatic rings. The molecule has 3 heteroatoms. The monoisotopic (exact) mass is 749 g/mol. The molecule has 1 heterocycles. The molecule has 0 unspecified atom stereocenters. The Morgan fingerprint density at radius 3 is 1.51 bits per heavy atom. The number of fused-ring (bicyclic) bond motifs is 15. The molecule has 0 bridgehead atoms. The van der Waals surface area contributed by atoms with Gasteiger partial charge >= 0.3 is 0 Å². The summed E-state index contributed by atoms with van der Waals surface area (Å²) >= 11 is 0. The molecule has 11 aromatic carbocycles. The summed E-state index contributed by atoms with van der Waals surface area (Å²) in [4.78, 5) is 2.32. The highest BCUT2D eigenvalue weighted by Crippen LogP contribution is 2.46. The predicted molar refractivity (Wildman–Crippen MR) is 250 cm³/mol. The maximum atomic E-state index is 10.2. The smallest absolute Gasteiger partial charge is 0.0991 e. The number of para-hydroxylation sites is 4. The van der Waals surface area contributed by atoms with Gasteiger partial charge in [0.15, 0.2) is 0 Å². The average Bonchev–Trinajstić information content (AvgIpc) is 3.62. The van der Waals surface area contributed by atoms with E-state index in [0.29, 0.717) is 5.56 Å². The Bertz CT molecular complexity index is 3690. The first-order chi connectivity index (χ1) is 29.1. The van der Waals surface area contributed by atoms with Crippen molar-refractivity contribution in [3.63, 3.8) is 0 Å². The highest BCUT2D eigenvalue weighted by molar-refractivity contribution is 6.34. The van der Waals surface area contributed by atoms with Crippen molar-refractivity contribution in [3.8, 4) is 11.8 Å². The standard InChI is InChI=1S/C56H35N3/c1-35-21-24-41-45(27-35)49-30-48-43-26-23-40(58(37-13-5-2-6-14-37)38-15-7-3-8-16-38)29-47(43)42-25-22-36(34-57)28-46(42)50(48)31-51(49)52-32-54-44-19-11-12-20-55(44)59(56(54)33-53(41)52)39-17-9-4-10-18-39/h2-33H,1H3. The van der Waals surface area contributed by atoms with Crippen LogP contribution in [0.3, 0.4) is 0 Å². The third kappa shape index (κ3) is 5.00. The molecule has 0 amide bonds. The molecule has 274 valence electrons. The van der Waals surface area contributed by atoms with Crippen LogP contribution in [0.2, 0.25) is 0 Å². The van der Waals surface area contributed by atoms with Gasteiger partial charge in [-0.15, -0.1) is 0 Å². The molecule has 0 atom stereocenters. The largest absolute Gasteiger partial charge is 0.310 e. The van der Waals surface area contributed by atoms with Crippen molar-refractivity contribution < 1.29 is 0 Å². The number of benzene rings is 11. The molecule has 3 nitrogen and oxygen atoms in total. The van der Waals surface area contributed by atoms with Gasteiger partial charge in [0.2, 0.25) is 0 Å². The molecule has 0 N–H and O–H groups in total. The highest BCUT2D eigenvalue weighted by atomic mass is 15.1. The van der Waals surface area contributed by atoms with Gasteiger partial charge in [0.05, 0.1) is 22.7 Å². The zero-order valence-electron chi connectivity index (χ0n) is 32.3. The van der Waals surface area contributed by atoms with Crippen LogP contribution in [-0.2, 0) is 0 Å². The van der Waals surface area contributed by atoms with E-state index in [1.807, 2.05) is 6.07 Å². The lowest BCUT2D eigenvalue weighted by atomic mass is 9.87. The summed E-state index contributed by atoms with van der Waals surface area (Å²) in [5.74, 6) is 0. The van der Waals surface area contributed by atoms with E-state index >= 15 is 0 Å². The maximum Gasteiger partial charge on any atom is 0.0991 e. The zero-order valence-corrected chi connectivity index (χ0v) is 32.3. The quantitative estimate of drug-likeness (QED) is 0.133. The Hall–Kier alpha value is -7.93. The van der Waals surface area contributed by atoms with Gasteiger partial charge in [-0.1, -0.05) is 109 Å². The van der Waals surface area contributed by atoms with E-state index in [1.54, 1.807) is 0 Å². The summed E-state index contributed by atoms with van der Waals surface area (Å²) in [6.45, 7) is 2.19. The van der Waals surface area contributed by atoms with Crippen LogP contribution in [-0.4, -0.2) is 4.57 Å². The van der Waals surface area contributed by atoms with E-state index in [2.05, 4.69) is 211 Å². The van der Waals surface area contributed by atoms with Crippen LogP contribution in [0.15, 0.2) is 194 Å². The molecule has 1 aromatic heterocycles. The number of hydrogen-bond donors (Lipinski definition) is 0. The van der Waals surface area contributed by atoms with Crippen LogP contribution < -0.4 is 4.90 Å². The van der Waals surface area contributed by atoms with E-state index in [-0.39, 0.29) is 0 Å². The number of aryl methyl sites for hydroxylation is 1. The van der Waals surface area contributed by atoms with E-state index in [4.69, 9.17) is 0 Å². The molecule has 0 aliphatic heterocycles. The third-order valence-corrected chi connectivity index (χ3v) is 12.3. The summed E-state index contributed by atoms with van der Waals surface area (Å²) in [6, 6.07) is 72.6. The summed E-state index contributed by atoms with van der Waals surface area (Å²) in [7, 11) is 0. The van der Waals surface area contributed by atoms with Crippen LogP contribution in [0, 0.1) is 18.3 Å².